The van der Waals surface area contributed by atoms with Crippen LogP contribution in [-0.2, 0) is 6.61 Å². The lowest BCUT2D eigenvalue weighted by atomic mass is 10.1. The Bertz CT molecular complexity index is 1550. The van der Waals surface area contributed by atoms with Gasteiger partial charge in [-0.05, 0) is 48.9 Å². The van der Waals surface area contributed by atoms with Crippen LogP contribution in [0.4, 0.5) is 0 Å². The highest BCUT2D eigenvalue weighted by Crippen LogP contribution is 2.35. The Hall–Kier alpha value is -2.01. The predicted molar refractivity (Wildman–Crippen MR) is 162 cm³/mol. The van der Waals surface area contributed by atoms with E-state index in [4.69, 9.17) is 14.5 Å². The fourth-order valence-corrected chi connectivity index (χ4v) is 5.66. The molecule has 3 aromatic carbocycles. The second kappa shape index (κ2) is 12.2. The largest absolute Gasteiger partial charge is 0.493 e. The van der Waals surface area contributed by atoms with Crippen molar-refractivity contribution in [1.82, 2.24) is 9.66 Å². The molecule has 0 aliphatic heterocycles. The molecule has 4 rings (SSSR count). The minimum atomic E-state index is -0.235. The van der Waals surface area contributed by atoms with Gasteiger partial charge >= 0.3 is 0 Å². The van der Waals surface area contributed by atoms with Gasteiger partial charge in [0.2, 0.25) is 0 Å². The number of aromatic nitrogens is 2. The minimum Gasteiger partial charge on any atom is -0.493 e. The average Bonchev–Trinajstić information content (AvgIpc) is 2.87. The van der Waals surface area contributed by atoms with E-state index in [9.17, 15) is 4.79 Å². The van der Waals surface area contributed by atoms with Crippen molar-refractivity contribution in [3.05, 3.63) is 93.7 Å². The van der Waals surface area contributed by atoms with Gasteiger partial charge in [0, 0.05) is 34.9 Å². The molecule has 0 bridgehead atoms. The van der Waals surface area contributed by atoms with Gasteiger partial charge in [-0.25, -0.2) is 4.98 Å². The van der Waals surface area contributed by atoms with Crippen molar-refractivity contribution in [2.45, 2.75) is 32.8 Å². The van der Waals surface area contributed by atoms with Crippen molar-refractivity contribution >= 4 is 80.8 Å². The Morgan fingerprint density at radius 1 is 1.03 bits per heavy atom. The summed E-state index contributed by atoms with van der Waals surface area (Å²) in [5, 5.41) is 5.10. The molecular formula is C27H23Br4N3O3. The van der Waals surface area contributed by atoms with Crippen LogP contribution in [0.5, 0.6) is 11.5 Å². The van der Waals surface area contributed by atoms with Gasteiger partial charge in [0.25, 0.3) is 5.56 Å². The lowest BCUT2D eigenvalue weighted by Crippen LogP contribution is -2.23. The van der Waals surface area contributed by atoms with E-state index in [2.05, 4.69) is 75.7 Å². The molecule has 0 unspecified atom stereocenters. The Morgan fingerprint density at radius 2 is 1.76 bits per heavy atom. The van der Waals surface area contributed by atoms with E-state index in [1.165, 1.54) is 4.68 Å². The van der Waals surface area contributed by atoms with Crippen LogP contribution < -0.4 is 15.0 Å². The molecule has 0 N–H and O–H groups in total. The van der Waals surface area contributed by atoms with Gasteiger partial charge in [0.15, 0.2) is 11.5 Å². The first-order valence-electron chi connectivity index (χ1n) is 11.4. The third-order valence-corrected chi connectivity index (χ3v) is 8.04. The zero-order valence-electron chi connectivity index (χ0n) is 20.3. The van der Waals surface area contributed by atoms with Crippen molar-refractivity contribution in [2.24, 2.45) is 5.10 Å². The second-order valence-corrected chi connectivity index (χ2v) is 12.0. The van der Waals surface area contributed by atoms with Gasteiger partial charge in [-0.1, -0.05) is 83.6 Å². The highest BCUT2D eigenvalue weighted by molar-refractivity contribution is 9.11. The highest BCUT2D eigenvalue weighted by Gasteiger charge is 2.17. The molecular weight excluding hydrogens is 734 g/mol. The standard InChI is InChI=1S/C27H23Br4N3O3/c1-4-15(2)26-33-23-8-7-18(28)10-21(23)27(35)34(26)32-13-17-9-20(30)12-24(36-3)25(17)37-14-16-5-6-19(29)11-22(16)31/h5-13,15H,4,14H2,1-3H3/t15-/m0/s1. The molecule has 10 heteroatoms. The smallest absolute Gasteiger partial charge is 0.282 e. The predicted octanol–water partition coefficient (Wildman–Crippen LogP) is 8.43. The van der Waals surface area contributed by atoms with Crippen LogP contribution in [0, 0.1) is 0 Å². The van der Waals surface area contributed by atoms with Gasteiger partial charge in [-0.15, -0.1) is 0 Å². The van der Waals surface area contributed by atoms with Crippen LogP contribution in [0.25, 0.3) is 10.9 Å². The molecule has 0 amide bonds. The zero-order valence-corrected chi connectivity index (χ0v) is 26.6. The van der Waals surface area contributed by atoms with Crippen LogP contribution in [-0.4, -0.2) is 23.0 Å². The molecule has 1 aromatic heterocycles. The molecule has 0 saturated heterocycles. The number of rotatable bonds is 8. The first kappa shape index (κ1) is 28.0. The summed E-state index contributed by atoms with van der Waals surface area (Å²) in [4.78, 5) is 18.3. The maximum Gasteiger partial charge on any atom is 0.282 e. The summed E-state index contributed by atoms with van der Waals surface area (Å²) in [6.45, 7) is 4.39. The maximum atomic E-state index is 13.5. The van der Waals surface area contributed by atoms with Gasteiger partial charge in [-0.3, -0.25) is 4.79 Å². The number of benzene rings is 3. The number of halogens is 4. The third-order valence-electron chi connectivity index (χ3n) is 5.85. The van der Waals surface area contributed by atoms with Crippen molar-refractivity contribution in [1.29, 1.82) is 0 Å². The molecule has 4 aromatic rings. The van der Waals surface area contributed by atoms with Crippen molar-refractivity contribution < 1.29 is 9.47 Å². The van der Waals surface area contributed by atoms with E-state index in [0.717, 1.165) is 29.9 Å². The highest BCUT2D eigenvalue weighted by atomic mass is 79.9. The van der Waals surface area contributed by atoms with Gasteiger partial charge in [-0.2, -0.15) is 9.78 Å². The summed E-state index contributed by atoms with van der Waals surface area (Å²) in [6, 6.07) is 15.1. The molecule has 0 aliphatic carbocycles. The lowest BCUT2D eigenvalue weighted by Gasteiger charge is -2.16. The minimum absolute atomic E-state index is 0.0282. The normalized spacial score (nSPS) is 12.3. The number of hydrogen-bond acceptors (Lipinski definition) is 5. The Balaban J connectivity index is 1.80. The van der Waals surface area contributed by atoms with E-state index >= 15 is 0 Å². The van der Waals surface area contributed by atoms with Crippen molar-refractivity contribution in [3.8, 4) is 11.5 Å². The zero-order chi connectivity index (χ0) is 26.7. The summed E-state index contributed by atoms with van der Waals surface area (Å²) in [7, 11) is 1.59. The first-order valence-corrected chi connectivity index (χ1v) is 14.6. The molecule has 0 fully saturated rings. The summed E-state index contributed by atoms with van der Waals surface area (Å²) in [5.74, 6) is 1.68. The van der Waals surface area contributed by atoms with Crippen LogP contribution in [0.2, 0.25) is 0 Å². The number of fused-ring (bicyclic) bond motifs is 1. The van der Waals surface area contributed by atoms with Gasteiger partial charge in [0.1, 0.15) is 12.4 Å². The topological polar surface area (TPSA) is 65.7 Å². The molecule has 37 heavy (non-hydrogen) atoms. The van der Waals surface area contributed by atoms with E-state index in [1.807, 2.05) is 49.4 Å². The monoisotopic (exact) mass is 753 g/mol. The molecule has 0 aliphatic rings. The molecule has 1 heterocycles. The fraction of sp³-hybridized carbons (Fsp3) is 0.222. The Labute approximate surface area is 248 Å². The SMILES string of the molecule is CC[C@H](C)c1nc2ccc(Br)cc2c(=O)n1N=Cc1cc(Br)cc(OC)c1OCc1ccc(Br)cc1Br. The lowest BCUT2D eigenvalue weighted by molar-refractivity contribution is 0.283. The Morgan fingerprint density at radius 3 is 2.46 bits per heavy atom. The van der Waals surface area contributed by atoms with Crippen molar-refractivity contribution in [2.75, 3.05) is 7.11 Å². The molecule has 192 valence electrons. The van der Waals surface area contributed by atoms with Crippen LogP contribution >= 0.6 is 63.7 Å². The fourth-order valence-electron chi connectivity index (χ4n) is 3.68. The Kier molecular flexibility index (Phi) is 9.26. The second-order valence-electron chi connectivity index (χ2n) is 8.35. The summed E-state index contributed by atoms with van der Waals surface area (Å²) < 4.78 is 16.7. The molecule has 1 atom stereocenters. The van der Waals surface area contributed by atoms with Crippen molar-refractivity contribution in [3.63, 3.8) is 0 Å². The quantitative estimate of drug-likeness (QED) is 0.170. The van der Waals surface area contributed by atoms with E-state index in [-0.39, 0.29) is 11.5 Å². The molecule has 0 radical (unpaired) electrons. The molecule has 6 nitrogen and oxygen atoms in total. The molecule has 0 saturated carbocycles. The van der Waals surface area contributed by atoms with E-state index < -0.39 is 0 Å². The first-order chi connectivity index (χ1) is 17.7. The van der Waals surface area contributed by atoms with Gasteiger partial charge < -0.3 is 9.47 Å². The van der Waals surface area contributed by atoms with Crippen LogP contribution in [0.3, 0.4) is 0 Å². The maximum absolute atomic E-state index is 13.5. The number of methoxy groups -OCH3 is 1. The van der Waals surface area contributed by atoms with Crippen LogP contribution in [0.1, 0.15) is 43.1 Å². The number of nitrogens with zero attached hydrogens (tertiary/aromatic N) is 3. The van der Waals surface area contributed by atoms with Crippen LogP contribution in [0.15, 0.2) is 76.3 Å². The van der Waals surface area contributed by atoms with E-state index in [0.29, 0.717) is 40.4 Å². The molecule has 0 spiro atoms. The van der Waals surface area contributed by atoms with E-state index in [1.54, 1.807) is 19.4 Å². The summed E-state index contributed by atoms with van der Waals surface area (Å²) in [6.07, 6.45) is 2.42. The number of hydrogen-bond donors (Lipinski definition) is 0. The summed E-state index contributed by atoms with van der Waals surface area (Å²) >= 11 is 14.0. The third kappa shape index (κ3) is 6.35. The average molecular weight is 757 g/mol. The summed E-state index contributed by atoms with van der Waals surface area (Å²) in [5.41, 5.74) is 2.02. The number of ether oxygens (including phenoxy) is 2. The van der Waals surface area contributed by atoms with Gasteiger partial charge in [0.05, 0.1) is 24.2 Å².